The summed E-state index contributed by atoms with van der Waals surface area (Å²) in [5.74, 6) is 0. The number of likely N-dealkylation sites (tertiary alicyclic amines) is 2. The Bertz CT molecular complexity index is 373. The third-order valence-electron chi connectivity index (χ3n) is 4.55. The topological polar surface area (TPSA) is 19.4 Å². The maximum absolute atomic E-state index is 4.11. The quantitative estimate of drug-likeness (QED) is 0.828. The first-order valence-electron chi connectivity index (χ1n) is 7.77. The molecule has 3 rings (SSSR count). The maximum Gasteiger partial charge on any atom is 0.0271 e. The molecule has 104 valence electrons. The molecule has 0 spiro atoms. The normalized spacial score (nSPS) is 25.8. The zero-order chi connectivity index (χ0) is 12.9. The third-order valence-corrected chi connectivity index (χ3v) is 4.55. The van der Waals surface area contributed by atoms with Crippen LogP contribution in [0.2, 0.25) is 0 Å². The molecule has 1 atom stereocenters. The number of hydrogen-bond acceptors (Lipinski definition) is 3. The van der Waals surface area contributed by atoms with Crippen molar-refractivity contribution >= 4 is 0 Å². The minimum absolute atomic E-state index is 0.770. The van der Waals surface area contributed by atoms with E-state index in [2.05, 4.69) is 26.9 Å². The Morgan fingerprint density at radius 2 is 1.79 bits per heavy atom. The van der Waals surface area contributed by atoms with E-state index in [4.69, 9.17) is 0 Å². The smallest absolute Gasteiger partial charge is 0.0271 e. The standard InChI is InChI=1S/C16H25N3/c1-2-10-18(11-3-1)14-16-5-4-12-19(16)13-15-6-8-17-9-7-15/h6-9,16H,1-5,10-14H2. The molecule has 0 amide bonds. The number of nitrogens with zero attached hydrogens (tertiary/aromatic N) is 3. The van der Waals surface area contributed by atoms with E-state index >= 15 is 0 Å². The van der Waals surface area contributed by atoms with Crippen LogP contribution in [0.5, 0.6) is 0 Å². The van der Waals surface area contributed by atoms with Crippen LogP contribution in [-0.2, 0) is 6.54 Å². The highest BCUT2D eigenvalue weighted by Gasteiger charge is 2.26. The Hall–Kier alpha value is -0.930. The van der Waals surface area contributed by atoms with Gasteiger partial charge in [0.1, 0.15) is 0 Å². The van der Waals surface area contributed by atoms with Crippen LogP contribution >= 0.6 is 0 Å². The van der Waals surface area contributed by atoms with Crippen molar-refractivity contribution < 1.29 is 0 Å². The second-order valence-electron chi connectivity index (χ2n) is 5.98. The molecular formula is C16H25N3. The summed E-state index contributed by atoms with van der Waals surface area (Å²) in [4.78, 5) is 9.46. The van der Waals surface area contributed by atoms with Gasteiger partial charge in [-0.25, -0.2) is 0 Å². The minimum Gasteiger partial charge on any atom is -0.302 e. The minimum atomic E-state index is 0.770. The van der Waals surface area contributed by atoms with Crippen molar-refractivity contribution in [1.82, 2.24) is 14.8 Å². The summed E-state index contributed by atoms with van der Waals surface area (Å²) < 4.78 is 0. The maximum atomic E-state index is 4.11. The number of aromatic nitrogens is 1. The molecule has 3 heterocycles. The van der Waals surface area contributed by atoms with E-state index in [0.29, 0.717) is 0 Å². The van der Waals surface area contributed by atoms with Gasteiger partial charge in [0.05, 0.1) is 0 Å². The molecule has 0 aliphatic carbocycles. The molecule has 2 fully saturated rings. The van der Waals surface area contributed by atoms with Crippen molar-refractivity contribution in [2.24, 2.45) is 0 Å². The Kier molecular flexibility index (Phi) is 4.46. The summed E-state index contributed by atoms with van der Waals surface area (Å²) in [6.07, 6.45) is 10.8. The van der Waals surface area contributed by atoms with Crippen LogP contribution in [0.1, 0.15) is 37.7 Å². The van der Waals surface area contributed by atoms with Gasteiger partial charge in [-0.05, 0) is 63.0 Å². The SMILES string of the molecule is c1cc(CN2CCCC2CN2CCCCC2)ccn1. The summed E-state index contributed by atoms with van der Waals surface area (Å²) in [6.45, 7) is 6.28. The largest absolute Gasteiger partial charge is 0.302 e. The van der Waals surface area contributed by atoms with Crippen LogP contribution in [0.4, 0.5) is 0 Å². The highest BCUT2D eigenvalue weighted by Crippen LogP contribution is 2.22. The zero-order valence-corrected chi connectivity index (χ0v) is 11.8. The number of piperidine rings is 1. The summed E-state index contributed by atoms with van der Waals surface area (Å²) in [6, 6.07) is 5.07. The fourth-order valence-electron chi connectivity index (χ4n) is 3.47. The van der Waals surface area contributed by atoms with Gasteiger partial charge in [-0.2, -0.15) is 0 Å². The average molecular weight is 259 g/mol. The summed E-state index contributed by atoms with van der Waals surface area (Å²) in [5, 5.41) is 0. The van der Waals surface area contributed by atoms with Crippen molar-refractivity contribution in [3.63, 3.8) is 0 Å². The highest BCUT2D eigenvalue weighted by atomic mass is 15.2. The Labute approximate surface area is 116 Å². The van der Waals surface area contributed by atoms with E-state index in [9.17, 15) is 0 Å². The predicted molar refractivity (Wildman–Crippen MR) is 78.0 cm³/mol. The Morgan fingerprint density at radius 1 is 1.00 bits per heavy atom. The van der Waals surface area contributed by atoms with E-state index in [-0.39, 0.29) is 0 Å². The van der Waals surface area contributed by atoms with E-state index in [1.807, 2.05) is 12.4 Å². The second-order valence-corrected chi connectivity index (χ2v) is 5.98. The summed E-state index contributed by atoms with van der Waals surface area (Å²) in [5.41, 5.74) is 1.40. The van der Waals surface area contributed by atoms with Crippen LogP contribution in [0, 0.1) is 0 Å². The molecule has 1 aromatic heterocycles. The molecule has 0 saturated carbocycles. The van der Waals surface area contributed by atoms with Crippen molar-refractivity contribution in [3.8, 4) is 0 Å². The molecule has 2 aliphatic heterocycles. The molecule has 2 saturated heterocycles. The van der Waals surface area contributed by atoms with Gasteiger partial charge >= 0.3 is 0 Å². The van der Waals surface area contributed by atoms with Gasteiger partial charge in [0.15, 0.2) is 0 Å². The van der Waals surface area contributed by atoms with E-state index < -0.39 is 0 Å². The second kappa shape index (κ2) is 6.49. The summed E-state index contributed by atoms with van der Waals surface area (Å²) >= 11 is 0. The van der Waals surface area contributed by atoms with Gasteiger partial charge in [0, 0.05) is 31.5 Å². The van der Waals surface area contributed by atoms with E-state index in [0.717, 1.165) is 12.6 Å². The molecule has 0 radical (unpaired) electrons. The average Bonchev–Trinajstić information content (AvgIpc) is 2.88. The van der Waals surface area contributed by atoms with Crippen molar-refractivity contribution in [1.29, 1.82) is 0 Å². The molecule has 3 heteroatoms. The molecule has 0 bridgehead atoms. The van der Waals surface area contributed by atoms with Gasteiger partial charge in [0.25, 0.3) is 0 Å². The summed E-state index contributed by atoms with van der Waals surface area (Å²) in [7, 11) is 0. The van der Waals surface area contributed by atoms with Crippen LogP contribution in [0.25, 0.3) is 0 Å². The molecular weight excluding hydrogens is 234 g/mol. The highest BCUT2D eigenvalue weighted by molar-refractivity contribution is 5.10. The molecule has 0 N–H and O–H groups in total. The first-order chi connectivity index (χ1) is 9.42. The number of rotatable bonds is 4. The number of hydrogen-bond donors (Lipinski definition) is 0. The van der Waals surface area contributed by atoms with Crippen LogP contribution < -0.4 is 0 Å². The van der Waals surface area contributed by atoms with Gasteiger partial charge in [-0.15, -0.1) is 0 Å². The first kappa shape index (κ1) is 13.1. The predicted octanol–water partition coefficient (Wildman–Crippen LogP) is 2.53. The van der Waals surface area contributed by atoms with Crippen molar-refractivity contribution in [2.45, 2.75) is 44.7 Å². The third kappa shape index (κ3) is 3.54. The van der Waals surface area contributed by atoms with Crippen LogP contribution in [-0.4, -0.2) is 47.0 Å². The fraction of sp³-hybridized carbons (Fsp3) is 0.688. The lowest BCUT2D eigenvalue weighted by Gasteiger charge is -2.33. The monoisotopic (exact) mass is 259 g/mol. The lowest BCUT2D eigenvalue weighted by atomic mass is 10.1. The molecule has 1 unspecified atom stereocenters. The van der Waals surface area contributed by atoms with Crippen LogP contribution in [0.3, 0.4) is 0 Å². The van der Waals surface area contributed by atoms with Crippen LogP contribution in [0.15, 0.2) is 24.5 Å². The number of pyridine rings is 1. The van der Waals surface area contributed by atoms with E-state index in [1.165, 1.54) is 63.8 Å². The van der Waals surface area contributed by atoms with Gasteiger partial charge in [-0.1, -0.05) is 6.42 Å². The molecule has 0 aromatic carbocycles. The lowest BCUT2D eigenvalue weighted by molar-refractivity contribution is 0.149. The zero-order valence-electron chi connectivity index (χ0n) is 11.8. The van der Waals surface area contributed by atoms with Gasteiger partial charge in [-0.3, -0.25) is 9.88 Å². The molecule has 2 aliphatic rings. The lowest BCUT2D eigenvalue weighted by Crippen LogP contribution is -2.42. The Morgan fingerprint density at radius 3 is 2.58 bits per heavy atom. The van der Waals surface area contributed by atoms with Crippen molar-refractivity contribution in [2.75, 3.05) is 26.2 Å². The molecule has 3 nitrogen and oxygen atoms in total. The van der Waals surface area contributed by atoms with Gasteiger partial charge in [0.2, 0.25) is 0 Å². The van der Waals surface area contributed by atoms with Crippen molar-refractivity contribution in [3.05, 3.63) is 30.1 Å². The first-order valence-corrected chi connectivity index (χ1v) is 7.77. The van der Waals surface area contributed by atoms with E-state index in [1.54, 1.807) is 0 Å². The fourth-order valence-corrected chi connectivity index (χ4v) is 3.47. The van der Waals surface area contributed by atoms with Gasteiger partial charge < -0.3 is 4.90 Å². The molecule has 19 heavy (non-hydrogen) atoms. The Balaban J connectivity index is 1.55. The molecule has 1 aromatic rings.